The number of fused-ring (bicyclic) bond motifs is 1. The van der Waals surface area contributed by atoms with Gasteiger partial charge in [-0.25, -0.2) is 4.98 Å². The number of nitrogens with zero attached hydrogens (tertiary/aromatic N) is 3. The molecule has 0 aliphatic rings. The van der Waals surface area contributed by atoms with E-state index in [0.29, 0.717) is 12.2 Å². The Bertz CT molecular complexity index is 568. The van der Waals surface area contributed by atoms with Gasteiger partial charge in [0.15, 0.2) is 0 Å². The van der Waals surface area contributed by atoms with Crippen molar-refractivity contribution in [3.8, 4) is 0 Å². The molecule has 1 aromatic heterocycles. The third kappa shape index (κ3) is 3.72. The van der Waals surface area contributed by atoms with Gasteiger partial charge in [0.2, 0.25) is 0 Å². The van der Waals surface area contributed by atoms with Gasteiger partial charge >= 0.3 is 0 Å². The lowest BCUT2D eigenvalue weighted by molar-refractivity contribution is 0.0947. The summed E-state index contributed by atoms with van der Waals surface area (Å²) in [6, 6.07) is 7.51. The minimum atomic E-state index is -0.169. The number of rotatable bonds is 5. The Labute approximate surface area is 112 Å². The van der Waals surface area contributed by atoms with Gasteiger partial charge in [-0.15, -0.1) is 0 Å². The van der Waals surface area contributed by atoms with E-state index in [0.717, 1.165) is 24.0 Å². The summed E-state index contributed by atoms with van der Waals surface area (Å²) < 4.78 is 0. The number of aromatic nitrogens is 2. The van der Waals surface area contributed by atoms with Gasteiger partial charge in [0.05, 0.1) is 17.2 Å². The van der Waals surface area contributed by atoms with Gasteiger partial charge < -0.3 is 10.2 Å². The van der Waals surface area contributed by atoms with Crippen molar-refractivity contribution in [2.24, 2.45) is 0 Å². The Morgan fingerprint density at radius 2 is 2.00 bits per heavy atom. The lowest BCUT2D eigenvalue weighted by atomic mass is 10.3. The van der Waals surface area contributed by atoms with Crippen LogP contribution in [0, 0.1) is 0 Å². The van der Waals surface area contributed by atoms with Crippen LogP contribution >= 0.6 is 0 Å². The maximum absolute atomic E-state index is 11.9. The fraction of sp³-hybridized carbons (Fsp3) is 0.357. The molecule has 0 aliphatic carbocycles. The summed E-state index contributed by atoms with van der Waals surface area (Å²) in [4.78, 5) is 22.5. The minimum absolute atomic E-state index is 0.169. The molecule has 1 aromatic carbocycles. The van der Waals surface area contributed by atoms with Crippen LogP contribution in [0.2, 0.25) is 0 Å². The zero-order chi connectivity index (χ0) is 13.7. The highest BCUT2D eigenvalue weighted by Gasteiger charge is 2.08. The van der Waals surface area contributed by atoms with Gasteiger partial charge in [0, 0.05) is 6.54 Å². The largest absolute Gasteiger partial charge is 0.351 e. The summed E-state index contributed by atoms with van der Waals surface area (Å²) in [7, 11) is 4.02. The van der Waals surface area contributed by atoms with Crippen molar-refractivity contribution in [3.63, 3.8) is 0 Å². The van der Waals surface area contributed by atoms with E-state index in [1.807, 2.05) is 38.4 Å². The lowest BCUT2D eigenvalue weighted by Gasteiger charge is -2.09. The molecule has 2 aromatic rings. The van der Waals surface area contributed by atoms with Crippen molar-refractivity contribution in [1.29, 1.82) is 0 Å². The summed E-state index contributed by atoms with van der Waals surface area (Å²) in [5.41, 5.74) is 1.90. The molecule has 0 fully saturated rings. The lowest BCUT2D eigenvalue weighted by Crippen LogP contribution is -2.27. The van der Waals surface area contributed by atoms with Crippen molar-refractivity contribution in [3.05, 3.63) is 36.2 Å². The third-order valence-corrected chi connectivity index (χ3v) is 2.75. The van der Waals surface area contributed by atoms with Crippen LogP contribution < -0.4 is 5.32 Å². The molecule has 1 amide bonds. The molecule has 5 heteroatoms. The summed E-state index contributed by atoms with van der Waals surface area (Å²) in [6.07, 6.45) is 2.43. The third-order valence-electron chi connectivity index (χ3n) is 2.75. The highest BCUT2D eigenvalue weighted by molar-refractivity contribution is 5.93. The molecule has 0 atom stereocenters. The van der Waals surface area contributed by atoms with Gasteiger partial charge in [0.25, 0.3) is 5.91 Å². The second kappa shape index (κ2) is 6.24. The molecular formula is C14H18N4O. The molecule has 0 saturated heterocycles. The number of carbonyl (C=O) groups excluding carboxylic acids is 1. The van der Waals surface area contributed by atoms with E-state index in [1.54, 1.807) is 0 Å². The number of para-hydroxylation sites is 2. The first-order valence-corrected chi connectivity index (χ1v) is 6.31. The Morgan fingerprint density at radius 3 is 2.74 bits per heavy atom. The van der Waals surface area contributed by atoms with E-state index in [4.69, 9.17) is 0 Å². The molecule has 1 heterocycles. The minimum Gasteiger partial charge on any atom is -0.351 e. The molecule has 2 rings (SSSR count). The molecule has 19 heavy (non-hydrogen) atoms. The quantitative estimate of drug-likeness (QED) is 0.822. The van der Waals surface area contributed by atoms with Crippen molar-refractivity contribution < 1.29 is 4.79 Å². The first-order chi connectivity index (χ1) is 9.16. The zero-order valence-corrected chi connectivity index (χ0v) is 11.3. The van der Waals surface area contributed by atoms with E-state index in [2.05, 4.69) is 20.2 Å². The normalized spacial score (nSPS) is 10.9. The van der Waals surface area contributed by atoms with Crippen molar-refractivity contribution in [2.75, 3.05) is 27.2 Å². The van der Waals surface area contributed by atoms with Crippen LogP contribution in [0.1, 0.15) is 16.9 Å². The zero-order valence-electron chi connectivity index (χ0n) is 11.3. The molecule has 0 bridgehead atoms. The summed E-state index contributed by atoms with van der Waals surface area (Å²) in [5, 5.41) is 2.85. The maximum atomic E-state index is 11.9. The molecule has 0 saturated carbocycles. The average Bonchev–Trinajstić information content (AvgIpc) is 2.42. The van der Waals surface area contributed by atoms with Gasteiger partial charge in [0.1, 0.15) is 5.69 Å². The summed E-state index contributed by atoms with van der Waals surface area (Å²) in [5.74, 6) is -0.169. The van der Waals surface area contributed by atoms with Crippen LogP contribution in [0.3, 0.4) is 0 Å². The smallest absolute Gasteiger partial charge is 0.271 e. The number of hydrogen-bond acceptors (Lipinski definition) is 4. The van der Waals surface area contributed by atoms with E-state index in [1.165, 1.54) is 6.20 Å². The molecule has 0 unspecified atom stereocenters. The van der Waals surface area contributed by atoms with Crippen molar-refractivity contribution in [2.45, 2.75) is 6.42 Å². The number of amides is 1. The van der Waals surface area contributed by atoms with Crippen LogP contribution in [-0.4, -0.2) is 48.0 Å². The van der Waals surface area contributed by atoms with Gasteiger partial charge in [-0.1, -0.05) is 12.1 Å². The highest BCUT2D eigenvalue weighted by atomic mass is 16.1. The summed E-state index contributed by atoms with van der Waals surface area (Å²) >= 11 is 0. The first kappa shape index (κ1) is 13.4. The Kier molecular flexibility index (Phi) is 4.41. The fourth-order valence-electron chi connectivity index (χ4n) is 1.75. The van der Waals surface area contributed by atoms with Gasteiger partial charge in [-0.3, -0.25) is 9.78 Å². The monoisotopic (exact) mass is 258 g/mol. The topological polar surface area (TPSA) is 58.1 Å². The Morgan fingerprint density at radius 1 is 1.26 bits per heavy atom. The van der Waals surface area contributed by atoms with Crippen LogP contribution in [0.4, 0.5) is 0 Å². The van der Waals surface area contributed by atoms with Gasteiger partial charge in [-0.05, 0) is 39.2 Å². The molecule has 1 N–H and O–H groups in total. The standard InChI is InChI=1S/C14H18N4O/c1-18(2)9-5-8-15-14(19)13-10-16-11-6-3-4-7-12(11)17-13/h3-4,6-7,10H,5,8-9H2,1-2H3,(H,15,19). The number of benzene rings is 1. The van der Waals surface area contributed by atoms with Crippen LogP contribution in [0.15, 0.2) is 30.5 Å². The second-order valence-corrected chi connectivity index (χ2v) is 4.66. The number of hydrogen-bond donors (Lipinski definition) is 1. The molecule has 0 aliphatic heterocycles. The molecule has 100 valence electrons. The highest BCUT2D eigenvalue weighted by Crippen LogP contribution is 2.08. The Balaban J connectivity index is 1.97. The van der Waals surface area contributed by atoms with Crippen molar-refractivity contribution >= 4 is 16.9 Å². The molecule has 0 radical (unpaired) electrons. The molecular weight excluding hydrogens is 240 g/mol. The maximum Gasteiger partial charge on any atom is 0.271 e. The average molecular weight is 258 g/mol. The fourth-order valence-corrected chi connectivity index (χ4v) is 1.75. The second-order valence-electron chi connectivity index (χ2n) is 4.66. The molecule has 5 nitrogen and oxygen atoms in total. The number of nitrogens with one attached hydrogen (secondary N) is 1. The van der Waals surface area contributed by atoms with Crippen molar-refractivity contribution in [1.82, 2.24) is 20.2 Å². The predicted octanol–water partition coefficient (Wildman–Crippen LogP) is 1.31. The van der Waals surface area contributed by atoms with E-state index in [-0.39, 0.29) is 5.91 Å². The van der Waals surface area contributed by atoms with E-state index >= 15 is 0 Å². The summed E-state index contributed by atoms with van der Waals surface area (Å²) in [6.45, 7) is 1.59. The van der Waals surface area contributed by atoms with Gasteiger partial charge in [-0.2, -0.15) is 0 Å². The van der Waals surface area contributed by atoms with Crippen LogP contribution in [0.25, 0.3) is 11.0 Å². The van der Waals surface area contributed by atoms with Crippen LogP contribution in [-0.2, 0) is 0 Å². The first-order valence-electron chi connectivity index (χ1n) is 6.31. The Hall–Kier alpha value is -2.01. The molecule has 0 spiro atoms. The number of carbonyl (C=O) groups is 1. The van der Waals surface area contributed by atoms with E-state index < -0.39 is 0 Å². The van der Waals surface area contributed by atoms with E-state index in [9.17, 15) is 4.79 Å². The predicted molar refractivity (Wildman–Crippen MR) is 75.0 cm³/mol. The van der Waals surface area contributed by atoms with Crippen LogP contribution in [0.5, 0.6) is 0 Å². The SMILES string of the molecule is CN(C)CCCNC(=O)c1cnc2ccccc2n1.